The summed E-state index contributed by atoms with van der Waals surface area (Å²) in [5.41, 5.74) is 2.40. The minimum absolute atomic E-state index is 0.0333. The third-order valence-electron chi connectivity index (χ3n) is 6.44. The van der Waals surface area contributed by atoms with Gasteiger partial charge in [-0.2, -0.15) is 0 Å². The number of hydrogen-bond acceptors (Lipinski definition) is 6. The molecular weight excluding hydrogens is 430 g/mol. The molecule has 1 saturated carbocycles. The van der Waals surface area contributed by atoms with Gasteiger partial charge >= 0.3 is 0 Å². The molecule has 1 aliphatic heterocycles. The van der Waals surface area contributed by atoms with Crippen LogP contribution in [0.2, 0.25) is 0 Å². The lowest BCUT2D eigenvalue weighted by Crippen LogP contribution is -2.42. The molecule has 2 aliphatic rings. The Hall–Kier alpha value is -3.13. The Morgan fingerprint density at radius 3 is 2.88 bits per heavy atom. The van der Waals surface area contributed by atoms with Crippen molar-refractivity contribution >= 4 is 11.6 Å². The van der Waals surface area contributed by atoms with E-state index in [2.05, 4.69) is 34.0 Å². The summed E-state index contributed by atoms with van der Waals surface area (Å²) in [7, 11) is 1.59. The summed E-state index contributed by atoms with van der Waals surface area (Å²) >= 11 is 0. The lowest BCUT2D eigenvalue weighted by molar-refractivity contribution is -0.125. The number of aromatic amines is 1. The first-order chi connectivity index (χ1) is 16.4. The second-order valence-electron chi connectivity index (χ2n) is 9.48. The molecule has 34 heavy (non-hydrogen) atoms. The summed E-state index contributed by atoms with van der Waals surface area (Å²) in [6.07, 6.45) is 10.2. The van der Waals surface area contributed by atoms with Gasteiger partial charge in [0.25, 0.3) is 5.56 Å². The summed E-state index contributed by atoms with van der Waals surface area (Å²) in [5, 5.41) is 3.28. The lowest BCUT2D eigenvalue weighted by atomic mass is 10.1. The van der Waals surface area contributed by atoms with E-state index in [9.17, 15) is 9.59 Å². The number of ether oxygens (including phenoxy) is 1. The molecule has 0 bridgehead atoms. The number of anilines is 1. The molecule has 2 N–H and O–H groups in total. The van der Waals surface area contributed by atoms with E-state index in [1.807, 2.05) is 29.2 Å². The second-order valence-corrected chi connectivity index (χ2v) is 9.48. The normalized spacial score (nSPS) is 18.1. The number of carbonyl (C=O) groups excluding carboxylic acids is 1. The molecule has 0 spiro atoms. The number of H-pyrrole nitrogens is 1. The van der Waals surface area contributed by atoms with Crippen LogP contribution >= 0.6 is 0 Å². The van der Waals surface area contributed by atoms with Crippen LogP contribution in [-0.4, -0.2) is 66.1 Å². The van der Waals surface area contributed by atoms with Crippen LogP contribution < -0.4 is 20.5 Å². The third-order valence-corrected chi connectivity index (χ3v) is 6.44. The van der Waals surface area contributed by atoms with E-state index in [1.165, 1.54) is 12.8 Å². The predicted molar refractivity (Wildman–Crippen MR) is 134 cm³/mol. The van der Waals surface area contributed by atoms with E-state index >= 15 is 0 Å². The van der Waals surface area contributed by atoms with Gasteiger partial charge in [0.05, 0.1) is 7.11 Å². The highest BCUT2D eigenvalue weighted by Crippen LogP contribution is 2.34. The van der Waals surface area contributed by atoms with Gasteiger partial charge < -0.3 is 24.8 Å². The van der Waals surface area contributed by atoms with Crippen LogP contribution in [0.15, 0.2) is 47.5 Å². The van der Waals surface area contributed by atoms with Gasteiger partial charge in [0, 0.05) is 68.4 Å². The lowest BCUT2D eigenvalue weighted by Gasteiger charge is -2.31. The molecule has 2 aromatic rings. The Kier molecular flexibility index (Phi) is 7.67. The molecule has 8 nitrogen and oxygen atoms in total. The van der Waals surface area contributed by atoms with Gasteiger partial charge in [-0.15, -0.1) is 0 Å². The first-order valence-electron chi connectivity index (χ1n) is 12.1. The van der Waals surface area contributed by atoms with Crippen molar-refractivity contribution < 1.29 is 9.53 Å². The summed E-state index contributed by atoms with van der Waals surface area (Å²) in [4.78, 5) is 36.9. The quantitative estimate of drug-likeness (QED) is 0.525. The zero-order valence-electron chi connectivity index (χ0n) is 20.3. The molecule has 2 aromatic heterocycles. The van der Waals surface area contributed by atoms with Gasteiger partial charge in [0.15, 0.2) is 0 Å². The number of likely N-dealkylation sites (tertiary alicyclic amines) is 1. The van der Waals surface area contributed by atoms with Crippen molar-refractivity contribution in [1.82, 2.24) is 20.2 Å². The predicted octanol–water partition coefficient (Wildman–Crippen LogP) is 2.82. The van der Waals surface area contributed by atoms with Crippen molar-refractivity contribution in [2.45, 2.75) is 45.2 Å². The number of rotatable bonds is 10. The number of nitrogens with zero attached hydrogens (tertiary/aromatic N) is 3. The number of pyridine rings is 2. The minimum atomic E-state index is -0.102. The summed E-state index contributed by atoms with van der Waals surface area (Å²) in [6.45, 7) is 7.00. The zero-order chi connectivity index (χ0) is 24.1. The van der Waals surface area contributed by atoms with E-state index < -0.39 is 0 Å². The van der Waals surface area contributed by atoms with Crippen molar-refractivity contribution in [1.29, 1.82) is 0 Å². The topological polar surface area (TPSA) is 90.6 Å². The van der Waals surface area contributed by atoms with E-state index in [-0.39, 0.29) is 17.5 Å². The van der Waals surface area contributed by atoms with Crippen LogP contribution in [0.25, 0.3) is 11.1 Å². The smallest absolute Gasteiger partial charge is 0.271 e. The van der Waals surface area contributed by atoms with Crippen LogP contribution in [-0.2, 0) is 4.79 Å². The van der Waals surface area contributed by atoms with Crippen LogP contribution in [0, 0.1) is 5.92 Å². The van der Waals surface area contributed by atoms with Gasteiger partial charge in [-0.05, 0) is 42.9 Å². The summed E-state index contributed by atoms with van der Waals surface area (Å²) in [5.74, 6) is 1.17. The van der Waals surface area contributed by atoms with E-state index in [0.29, 0.717) is 43.2 Å². The minimum Gasteiger partial charge on any atom is -0.481 e. The van der Waals surface area contributed by atoms with Crippen molar-refractivity contribution in [3.05, 3.63) is 53.1 Å². The molecule has 1 saturated heterocycles. The van der Waals surface area contributed by atoms with Gasteiger partial charge in [0.2, 0.25) is 11.8 Å². The first-order valence-corrected chi connectivity index (χ1v) is 12.1. The average molecular weight is 466 g/mol. The molecule has 0 radical (unpaired) electrons. The van der Waals surface area contributed by atoms with Gasteiger partial charge in [0.1, 0.15) is 5.69 Å². The summed E-state index contributed by atoms with van der Waals surface area (Å²) < 4.78 is 5.26. The molecule has 3 heterocycles. The molecular formula is C26H35N5O3. The highest BCUT2D eigenvalue weighted by atomic mass is 16.5. The number of hydrogen-bond donors (Lipinski definition) is 2. The molecule has 1 amide bonds. The average Bonchev–Trinajstić information content (AvgIpc) is 3.53. The molecule has 4 rings (SSSR count). The van der Waals surface area contributed by atoms with Crippen molar-refractivity contribution in [3.8, 4) is 17.0 Å². The van der Waals surface area contributed by atoms with Crippen LogP contribution in [0.4, 0.5) is 5.69 Å². The van der Waals surface area contributed by atoms with Crippen molar-refractivity contribution in [2.24, 2.45) is 5.92 Å². The molecule has 1 atom stereocenters. The second kappa shape index (κ2) is 10.9. The molecule has 1 aliphatic carbocycles. The number of amides is 1. The Bertz CT molecular complexity index is 1080. The van der Waals surface area contributed by atoms with Gasteiger partial charge in [-0.3, -0.25) is 9.59 Å². The van der Waals surface area contributed by atoms with Crippen molar-refractivity contribution in [3.63, 3.8) is 0 Å². The fraction of sp³-hybridized carbons (Fsp3) is 0.500. The standard InChI is InChI=1S/C26H35N5O3/c1-18(2)27-10-4-5-25(32)30-12-9-22(17-30)31(16-19-6-7-19)23-13-21(15-29-26(23)33)20-8-11-28-24(14-20)34-3/h4-5,8,11,13-15,18-19,22,27H,6-7,9-10,12,16-17H2,1-3H3,(H,29,33)/t22-/m1/s1. The van der Waals surface area contributed by atoms with Crippen LogP contribution in [0.3, 0.4) is 0 Å². The molecule has 0 unspecified atom stereocenters. The molecule has 182 valence electrons. The molecule has 8 heteroatoms. The van der Waals surface area contributed by atoms with Gasteiger partial charge in [-0.25, -0.2) is 4.98 Å². The summed E-state index contributed by atoms with van der Waals surface area (Å²) in [6, 6.07) is 6.22. The van der Waals surface area contributed by atoms with Crippen LogP contribution in [0.1, 0.15) is 33.1 Å². The highest BCUT2D eigenvalue weighted by molar-refractivity contribution is 5.88. The first kappa shape index (κ1) is 24.0. The molecule has 2 fully saturated rings. The maximum atomic E-state index is 12.9. The van der Waals surface area contributed by atoms with Crippen molar-refractivity contribution in [2.75, 3.05) is 38.2 Å². The zero-order valence-corrected chi connectivity index (χ0v) is 20.3. The number of aromatic nitrogens is 2. The maximum absolute atomic E-state index is 12.9. The van der Waals surface area contributed by atoms with E-state index in [4.69, 9.17) is 4.74 Å². The molecule has 0 aromatic carbocycles. The Balaban J connectivity index is 1.52. The number of methoxy groups -OCH3 is 1. The monoisotopic (exact) mass is 465 g/mol. The van der Waals surface area contributed by atoms with Gasteiger partial charge in [-0.1, -0.05) is 19.9 Å². The number of nitrogens with one attached hydrogen (secondary N) is 2. The number of carbonyl (C=O) groups is 1. The SMILES string of the molecule is COc1cc(-c2c[nH]c(=O)c(N(CC3CC3)[C@@H]3CCN(C(=O)C=CCNC(C)C)C3)c2)ccn1. The Labute approximate surface area is 201 Å². The third kappa shape index (κ3) is 6.05. The highest BCUT2D eigenvalue weighted by Gasteiger charge is 2.34. The van der Waals surface area contributed by atoms with Crippen LogP contribution in [0.5, 0.6) is 5.88 Å². The largest absolute Gasteiger partial charge is 0.481 e. The Morgan fingerprint density at radius 2 is 2.15 bits per heavy atom. The Morgan fingerprint density at radius 1 is 1.32 bits per heavy atom. The fourth-order valence-electron chi connectivity index (χ4n) is 4.34. The van der Waals surface area contributed by atoms with E-state index in [0.717, 1.165) is 24.1 Å². The maximum Gasteiger partial charge on any atom is 0.271 e. The fourth-order valence-corrected chi connectivity index (χ4v) is 4.34. The van der Waals surface area contributed by atoms with E-state index in [1.54, 1.807) is 25.6 Å².